The summed E-state index contributed by atoms with van der Waals surface area (Å²) < 4.78 is 17.6. The van der Waals surface area contributed by atoms with Crippen LogP contribution in [0.5, 0.6) is 0 Å². The van der Waals surface area contributed by atoms with Gasteiger partial charge in [0.1, 0.15) is 0 Å². The summed E-state index contributed by atoms with van der Waals surface area (Å²) >= 11 is -1.63. The Kier molecular flexibility index (Phi) is 4.69. The Labute approximate surface area is 94.3 Å². The molecule has 4 nitrogen and oxygen atoms in total. The van der Waals surface area contributed by atoms with Gasteiger partial charge < -0.3 is 9.29 Å². The number of carbonyl (C=O) groups excluding carboxylic acids is 1. The molecule has 0 amide bonds. The predicted molar refractivity (Wildman–Crippen MR) is 59.4 cm³/mol. The van der Waals surface area contributed by atoms with E-state index in [1.807, 2.05) is 13.0 Å². The van der Waals surface area contributed by atoms with Crippen molar-refractivity contribution in [3.63, 3.8) is 0 Å². The van der Waals surface area contributed by atoms with Crippen molar-refractivity contribution in [1.82, 2.24) is 4.31 Å². The molecule has 1 unspecified atom stereocenters. The van der Waals surface area contributed by atoms with Crippen LogP contribution >= 0.6 is 0 Å². The smallest absolute Gasteiger partial charge is 0.489 e. The van der Waals surface area contributed by atoms with E-state index < -0.39 is 17.3 Å². The van der Waals surface area contributed by atoms with E-state index in [1.54, 1.807) is 6.92 Å². The van der Waals surface area contributed by atoms with Gasteiger partial charge in [-0.25, -0.2) is 0 Å². The summed E-state index contributed by atoms with van der Waals surface area (Å²) in [6.45, 7) is 4.43. The predicted octanol–water partition coefficient (Wildman–Crippen LogP) is 0.317. The van der Waals surface area contributed by atoms with Crippen molar-refractivity contribution in [3.8, 4) is 0 Å². The maximum Gasteiger partial charge on any atom is 0.489 e. The second kappa shape index (κ2) is 5.58. The lowest BCUT2D eigenvalue weighted by Crippen LogP contribution is -2.47. The molecule has 1 aliphatic rings. The van der Waals surface area contributed by atoms with Gasteiger partial charge in [0.15, 0.2) is 6.04 Å². The van der Waals surface area contributed by atoms with Gasteiger partial charge in [0.05, 0.1) is 13.2 Å². The third-order valence-electron chi connectivity index (χ3n) is 2.27. The summed E-state index contributed by atoms with van der Waals surface area (Å²) in [6, 6.07) is -0.513. The van der Waals surface area contributed by atoms with Gasteiger partial charge in [-0.3, -0.25) is 4.79 Å². The fraction of sp³-hybridized carbons (Fsp3) is 0.667. The molecule has 2 atom stereocenters. The zero-order valence-electron chi connectivity index (χ0n) is 8.93. The van der Waals surface area contributed by atoms with E-state index in [0.29, 0.717) is 19.6 Å². The number of nitrogens with zero attached hydrogens (tertiary/aromatic N) is 1. The fourth-order valence-corrected chi connectivity index (χ4v) is 2.13. The van der Waals surface area contributed by atoms with Crippen molar-refractivity contribution in [1.29, 1.82) is 0 Å². The van der Waals surface area contributed by atoms with Crippen LogP contribution in [0.4, 0.5) is 0 Å². The quantitative estimate of drug-likeness (QED) is 0.301. The van der Waals surface area contributed by atoms with Gasteiger partial charge in [-0.2, -0.15) is 0 Å². The van der Waals surface area contributed by atoms with E-state index >= 15 is 0 Å². The second-order valence-electron chi connectivity index (χ2n) is 3.40. The van der Waals surface area contributed by atoms with Crippen molar-refractivity contribution >= 4 is 24.3 Å². The number of carbonyl (C=O) groups is 1. The van der Waals surface area contributed by atoms with E-state index in [9.17, 15) is 9.35 Å². The fourth-order valence-electron chi connectivity index (χ4n) is 1.50. The molecule has 1 heterocycles. The summed E-state index contributed by atoms with van der Waals surface area (Å²) in [5.41, 5.74) is 1.09. The molecule has 0 saturated carbocycles. The van der Waals surface area contributed by atoms with Crippen LogP contribution in [0.25, 0.3) is 0 Å². The van der Waals surface area contributed by atoms with Crippen LogP contribution in [0.15, 0.2) is 11.6 Å². The highest BCUT2D eigenvalue weighted by molar-refractivity contribution is 8.10. The van der Waals surface area contributed by atoms with E-state index in [-0.39, 0.29) is 5.97 Å². The number of rotatable bonds is 3. The summed E-state index contributed by atoms with van der Waals surface area (Å²) in [5, 5.41) is 0. The molecule has 0 N–H and O–H groups in total. The standard InChI is InChI=1S/C9H14BNO3S/c1-3-14-9(12)8-6-7(2)4-5-11(8)15(10)13/h4,8H,3,5-6H2,1-2H3/t8-,15?/m0/s1. The maximum atomic E-state index is 11.6. The molecule has 0 spiro atoms. The normalized spacial score (nSPS) is 24.5. The zero-order valence-corrected chi connectivity index (χ0v) is 9.75. The molecule has 1 aliphatic heterocycles. The van der Waals surface area contributed by atoms with Gasteiger partial charge >= 0.3 is 13.1 Å². The Balaban J connectivity index is 2.73. The van der Waals surface area contributed by atoms with Gasteiger partial charge in [0, 0.05) is 0 Å². The first-order chi connectivity index (χ1) is 7.06. The van der Waals surface area contributed by atoms with E-state index in [2.05, 4.69) is 0 Å². The van der Waals surface area contributed by atoms with Gasteiger partial charge in [-0.05, 0) is 31.5 Å². The number of hydrogen-bond donors (Lipinski definition) is 0. The molecule has 0 bridgehead atoms. The Morgan fingerprint density at radius 1 is 1.87 bits per heavy atom. The molecule has 0 fully saturated rings. The van der Waals surface area contributed by atoms with Crippen LogP contribution in [-0.2, 0) is 20.7 Å². The van der Waals surface area contributed by atoms with Crippen molar-refractivity contribution < 1.29 is 14.1 Å². The first kappa shape index (κ1) is 12.6. The summed E-state index contributed by atoms with van der Waals surface area (Å²) in [5.74, 6) is -0.358. The van der Waals surface area contributed by atoms with E-state index in [4.69, 9.17) is 11.9 Å². The van der Waals surface area contributed by atoms with Gasteiger partial charge in [0.25, 0.3) is 0 Å². The zero-order chi connectivity index (χ0) is 11.4. The Morgan fingerprint density at radius 3 is 3.07 bits per heavy atom. The van der Waals surface area contributed by atoms with Crippen LogP contribution in [-0.4, -0.2) is 41.1 Å². The van der Waals surface area contributed by atoms with E-state index in [1.165, 1.54) is 4.31 Å². The minimum absolute atomic E-state index is 0.323. The van der Waals surface area contributed by atoms with Crippen molar-refractivity contribution in [2.45, 2.75) is 26.3 Å². The molecular formula is C9H14BNO3S. The lowest BCUT2D eigenvalue weighted by molar-refractivity contribution is -0.147. The average molecular weight is 227 g/mol. The Hall–Kier alpha value is -0.455. The first-order valence-electron chi connectivity index (χ1n) is 4.81. The van der Waals surface area contributed by atoms with Gasteiger partial charge in [-0.15, -0.1) is 4.31 Å². The number of ether oxygens (including phenoxy) is 1. The third-order valence-corrected chi connectivity index (χ3v) is 3.14. The highest BCUT2D eigenvalue weighted by Crippen LogP contribution is 2.20. The minimum atomic E-state index is -1.63. The summed E-state index contributed by atoms with van der Waals surface area (Å²) in [4.78, 5) is 11.6. The van der Waals surface area contributed by atoms with Crippen molar-refractivity contribution in [2.24, 2.45) is 0 Å². The lowest BCUT2D eigenvalue weighted by Gasteiger charge is -2.32. The summed E-state index contributed by atoms with van der Waals surface area (Å²) in [6.07, 6.45) is 2.45. The van der Waals surface area contributed by atoms with Crippen LogP contribution < -0.4 is 0 Å². The van der Waals surface area contributed by atoms with Crippen LogP contribution in [0, 0.1) is 0 Å². The minimum Gasteiger partial charge on any atom is -0.618 e. The SMILES string of the molecule is [B][S+]([O-])N1CC=C(C)C[C@H]1C(=O)OCC. The molecule has 0 aromatic heterocycles. The molecule has 0 aromatic rings. The number of hydrogen-bond acceptors (Lipinski definition) is 4. The first-order valence-corrected chi connectivity index (χ1v) is 5.98. The Morgan fingerprint density at radius 2 is 2.53 bits per heavy atom. The Bertz CT molecular complexity index is 270. The van der Waals surface area contributed by atoms with Gasteiger partial charge in [-0.1, -0.05) is 11.6 Å². The van der Waals surface area contributed by atoms with Crippen LogP contribution in [0.1, 0.15) is 20.3 Å². The molecule has 0 saturated heterocycles. The topological polar surface area (TPSA) is 52.6 Å². The maximum absolute atomic E-state index is 11.6. The largest absolute Gasteiger partial charge is 0.618 e. The summed E-state index contributed by atoms with van der Waals surface area (Å²) in [7, 11) is 5.30. The molecule has 1 rings (SSSR count). The molecule has 82 valence electrons. The molecule has 0 aliphatic carbocycles. The molecule has 15 heavy (non-hydrogen) atoms. The third kappa shape index (κ3) is 3.26. The average Bonchev–Trinajstić information content (AvgIpc) is 2.17. The molecular weight excluding hydrogens is 213 g/mol. The van der Waals surface area contributed by atoms with E-state index in [0.717, 1.165) is 5.57 Å². The second-order valence-corrected chi connectivity index (χ2v) is 4.42. The highest BCUT2D eigenvalue weighted by atomic mass is 32.2. The molecule has 0 aromatic carbocycles. The van der Waals surface area contributed by atoms with Crippen LogP contribution in [0.2, 0.25) is 0 Å². The van der Waals surface area contributed by atoms with Crippen molar-refractivity contribution in [3.05, 3.63) is 11.6 Å². The van der Waals surface area contributed by atoms with Gasteiger partial charge in [0.2, 0.25) is 0 Å². The van der Waals surface area contributed by atoms with Crippen LogP contribution in [0.3, 0.4) is 0 Å². The lowest BCUT2D eigenvalue weighted by atomic mass is 10.0. The number of esters is 1. The molecule has 6 heteroatoms. The highest BCUT2D eigenvalue weighted by Gasteiger charge is 2.35. The molecule has 2 radical (unpaired) electrons. The monoisotopic (exact) mass is 227 g/mol. The van der Waals surface area contributed by atoms with Crippen molar-refractivity contribution in [2.75, 3.05) is 13.2 Å².